The molecule has 0 saturated carbocycles. The first kappa shape index (κ1) is 40.9. The molecule has 0 fully saturated rings. The number of furan rings is 1. The number of hydrogen-bond acceptors (Lipinski definition) is 3. The molecule has 4 heteroatoms. The Morgan fingerprint density at radius 3 is 1.75 bits per heavy atom. The Labute approximate surface area is 397 Å². The largest absolute Gasteiger partial charge is 0.454 e. The Morgan fingerprint density at radius 2 is 1.03 bits per heavy atom. The van der Waals surface area contributed by atoms with Gasteiger partial charge in [0, 0.05) is 55.4 Å². The fourth-order valence-electron chi connectivity index (χ4n) is 9.96. The van der Waals surface area contributed by atoms with Gasteiger partial charge in [-0.05, 0) is 100.0 Å². The SMILES string of the molecule is CC(C)(C)c1cc(Nc2c(-c3ccccc3)cccc2-c2ccccc2)cc(N(c2cccc(-n3c4ccccc4c4cc(-c5ccccc5)ccc43)c2)c2cccc3c2oc2ccccc23)c1. The minimum atomic E-state index is -0.186. The van der Waals surface area contributed by atoms with Gasteiger partial charge in [-0.1, -0.05) is 191 Å². The average molecular weight is 876 g/mol. The van der Waals surface area contributed by atoms with Gasteiger partial charge in [0.2, 0.25) is 0 Å². The quantitative estimate of drug-likeness (QED) is 0.157. The molecule has 0 aliphatic heterocycles. The zero-order valence-corrected chi connectivity index (χ0v) is 38.3. The molecule has 0 saturated heterocycles. The maximum Gasteiger partial charge on any atom is 0.159 e. The summed E-state index contributed by atoms with van der Waals surface area (Å²) in [6.45, 7) is 6.87. The summed E-state index contributed by atoms with van der Waals surface area (Å²) in [4.78, 5) is 2.39. The summed E-state index contributed by atoms with van der Waals surface area (Å²) in [7, 11) is 0. The van der Waals surface area contributed by atoms with Crippen molar-refractivity contribution in [2.24, 2.45) is 0 Å². The second-order valence-corrected chi connectivity index (χ2v) is 18.7. The molecule has 0 spiro atoms. The van der Waals surface area contributed by atoms with Crippen LogP contribution in [0.2, 0.25) is 0 Å². The lowest BCUT2D eigenvalue weighted by Crippen LogP contribution is -2.15. The van der Waals surface area contributed by atoms with Crippen LogP contribution >= 0.6 is 0 Å². The summed E-state index contributed by atoms with van der Waals surface area (Å²) >= 11 is 0. The van der Waals surface area contributed by atoms with Gasteiger partial charge in [-0.2, -0.15) is 0 Å². The topological polar surface area (TPSA) is 33.3 Å². The van der Waals surface area contributed by atoms with E-state index in [1.165, 1.54) is 27.5 Å². The van der Waals surface area contributed by atoms with E-state index < -0.39 is 0 Å². The van der Waals surface area contributed by atoms with E-state index in [9.17, 15) is 0 Å². The molecule has 1 N–H and O–H groups in total. The summed E-state index contributed by atoms with van der Waals surface area (Å²) < 4.78 is 9.27. The summed E-state index contributed by atoms with van der Waals surface area (Å²) in [6, 6.07) is 85.0. The van der Waals surface area contributed by atoms with Gasteiger partial charge in [-0.15, -0.1) is 0 Å². The van der Waals surface area contributed by atoms with Crippen LogP contribution in [0.1, 0.15) is 26.3 Å². The molecule has 0 bridgehead atoms. The molecule has 326 valence electrons. The molecule has 0 aliphatic carbocycles. The van der Waals surface area contributed by atoms with Gasteiger partial charge in [0.1, 0.15) is 5.58 Å². The van der Waals surface area contributed by atoms with Crippen LogP contribution < -0.4 is 10.2 Å². The van der Waals surface area contributed by atoms with Crippen LogP contribution in [0.3, 0.4) is 0 Å². The third kappa shape index (κ3) is 7.28. The van der Waals surface area contributed by atoms with E-state index in [1.54, 1.807) is 0 Å². The lowest BCUT2D eigenvalue weighted by molar-refractivity contribution is 0.590. The van der Waals surface area contributed by atoms with Crippen LogP contribution in [0.25, 0.3) is 82.8 Å². The summed E-state index contributed by atoms with van der Waals surface area (Å²) in [5.74, 6) is 0. The number of aromatic nitrogens is 1. The molecule has 10 aromatic carbocycles. The Hall–Kier alpha value is -8.60. The van der Waals surface area contributed by atoms with Crippen molar-refractivity contribution in [1.82, 2.24) is 4.57 Å². The van der Waals surface area contributed by atoms with Crippen molar-refractivity contribution in [3.8, 4) is 39.1 Å². The van der Waals surface area contributed by atoms with Gasteiger partial charge in [-0.25, -0.2) is 0 Å². The summed E-state index contributed by atoms with van der Waals surface area (Å²) in [6.07, 6.45) is 0. The highest BCUT2D eigenvalue weighted by atomic mass is 16.3. The molecule has 0 amide bonds. The second-order valence-electron chi connectivity index (χ2n) is 18.7. The van der Waals surface area contributed by atoms with E-state index in [4.69, 9.17) is 4.42 Å². The van der Waals surface area contributed by atoms with E-state index in [2.05, 4.69) is 266 Å². The van der Waals surface area contributed by atoms with E-state index >= 15 is 0 Å². The molecule has 2 heterocycles. The summed E-state index contributed by atoms with van der Waals surface area (Å²) in [5.41, 5.74) is 18.1. The third-order valence-corrected chi connectivity index (χ3v) is 13.3. The van der Waals surface area contributed by atoms with Crippen LogP contribution in [0.5, 0.6) is 0 Å². The number of rotatable bonds is 9. The number of hydrogen-bond donors (Lipinski definition) is 1. The predicted octanol–water partition coefficient (Wildman–Crippen LogP) is 18.2. The number of nitrogens with zero attached hydrogens (tertiary/aromatic N) is 2. The van der Waals surface area contributed by atoms with Crippen LogP contribution in [0.4, 0.5) is 28.4 Å². The monoisotopic (exact) mass is 875 g/mol. The molecule has 12 rings (SSSR count). The Kier molecular flexibility index (Phi) is 10.0. The van der Waals surface area contributed by atoms with E-state index in [0.29, 0.717) is 0 Å². The van der Waals surface area contributed by atoms with Crippen molar-refractivity contribution in [2.75, 3.05) is 10.2 Å². The van der Waals surface area contributed by atoms with Crippen molar-refractivity contribution >= 4 is 72.2 Å². The highest BCUT2D eigenvalue weighted by Crippen LogP contribution is 2.46. The Balaban J connectivity index is 1.08. The predicted molar refractivity (Wildman–Crippen MR) is 287 cm³/mol. The minimum absolute atomic E-state index is 0.186. The number of fused-ring (bicyclic) bond motifs is 6. The Morgan fingerprint density at radius 1 is 0.426 bits per heavy atom. The molecular formula is C64H49N3O. The molecule has 0 radical (unpaired) electrons. The zero-order chi connectivity index (χ0) is 45.8. The molecule has 12 aromatic rings. The highest BCUT2D eigenvalue weighted by molar-refractivity contribution is 6.12. The maximum absolute atomic E-state index is 6.86. The number of anilines is 5. The first-order valence-corrected chi connectivity index (χ1v) is 23.4. The molecule has 68 heavy (non-hydrogen) atoms. The molecule has 0 aliphatic rings. The lowest BCUT2D eigenvalue weighted by atomic mass is 9.86. The van der Waals surface area contributed by atoms with Crippen LogP contribution in [0.15, 0.2) is 241 Å². The first-order chi connectivity index (χ1) is 33.4. The van der Waals surface area contributed by atoms with Crippen LogP contribution in [-0.2, 0) is 5.41 Å². The van der Waals surface area contributed by atoms with Crippen LogP contribution in [0, 0.1) is 0 Å². The smallest absolute Gasteiger partial charge is 0.159 e. The maximum atomic E-state index is 6.86. The number of para-hydroxylation sites is 4. The highest BCUT2D eigenvalue weighted by Gasteiger charge is 2.25. The van der Waals surface area contributed by atoms with Crippen molar-refractivity contribution < 1.29 is 4.42 Å². The lowest BCUT2D eigenvalue weighted by Gasteiger charge is -2.30. The normalized spacial score (nSPS) is 11.8. The van der Waals surface area contributed by atoms with Crippen molar-refractivity contribution in [2.45, 2.75) is 26.2 Å². The fourth-order valence-corrected chi connectivity index (χ4v) is 9.96. The number of benzene rings is 10. The van der Waals surface area contributed by atoms with Gasteiger partial charge < -0.3 is 19.2 Å². The van der Waals surface area contributed by atoms with Gasteiger partial charge in [0.05, 0.1) is 22.4 Å². The minimum Gasteiger partial charge on any atom is -0.454 e. The molecule has 4 nitrogen and oxygen atoms in total. The Bertz CT molecular complexity index is 3750. The fraction of sp³-hybridized carbons (Fsp3) is 0.0625. The van der Waals surface area contributed by atoms with E-state index in [-0.39, 0.29) is 5.41 Å². The summed E-state index contributed by atoms with van der Waals surface area (Å²) in [5, 5.41) is 8.65. The zero-order valence-electron chi connectivity index (χ0n) is 38.3. The second kappa shape index (κ2) is 16.7. The molecule has 0 unspecified atom stereocenters. The van der Waals surface area contributed by atoms with Crippen molar-refractivity contribution in [1.29, 1.82) is 0 Å². The van der Waals surface area contributed by atoms with Gasteiger partial charge in [0.15, 0.2) is 5.58 Å². The van der Waals surface area contributed by atoms with Gasteiger partial charge in [-0.3, -0.25) is 0 Å². The van der Waals surface area contributed by atoms with Gasteiger partial charge >= 0.3 is 0 Å². The van der Waals surface area contributed by atoms with Crippen LogP contribution in [-0.4, -0.2) is 4.57 Å². The molecule has 2 aromatic heterocycles. The van der Waals surface area contributed by atoms with Crippen molar-refractivity contribution in [3.63, 3.8) is 0 Å². The first-order valence-electron chi connectivity index (χ1n) is 23.4. The third-order valence-electron chi connectivity index (χ3n) is 13.3. The van der Waals surface area contributed by atoms with Crippen molar-refractivity contribution in [3.05, 3.63) is 242 Å². The molecular weight excluding hydrogens is 827 g/mol. The number of nitrogens with one attached hydrogen (secondary N) is 1. The van der Waals surface area contributed by atoms with E-state index in [0.717, 1.165) is 89.4 Å². The standard InChI is InChI=1S/C64H49N3O/c1-64(2,3)47-39-48(65-62-52(44-22-9-5-10-23-44)30-18-31-53(62)45-24-11-6-12-25-45)41-51(40-47)66(60-34-19-32-56-55-29-14-16-35-61(55)68-63(56)60)49-26-17-27-50(42-49)67-58-33-15-13-28-54(58)57-38-46(36-37-59(57)67)43-20-7-4-8-21-43/h4-42,65H,1-3H3. The van der Waals surface area contributed by atoms with E-state index in [1.807, 2.05) is 6.07 Å². The molecule has 0 atom stereocenters. The average Bonchev–Trinajstić information content (AvgIpc) is 3.93. The van der Waals surface area contributed by atoms with Gasteiger partial charge in [0.25, 0.3) is 0 Å².